The second kappa shape index (κ2) is 7.19. The Kier molecular flexibility index (Phi) is 5.52. The lowest BCUT2D eigenvalue weighted by molar-refractivity contribution is 0.532. The molecule has 1 aliphatic heterocycles. The Hall–Kier alpha value is -1.48. The molecule has 0 saturated carbocycles. The third-order valence-electron chi connectivity index (χ3n) is 3.96. The van der Waals surface area contributed by atoms with Crippen LogP contribution in [0.15, 0.2) is 24.5 Å². The first-order valence-corrected chi connectivity index (χ1v) is 8.52. The molecular formula is C18H26ClN3. The summed E-state index contributed by atoms with van der Waals surface area (Å²) in [6, 6.07) is 4.69. The number of halogens is 1. The zero-order chi connectivity index (χ0) is 16.3. The Morgan fingerprint density at radius 1 is 1.23 bits per heavy atom. The Morgan fingerprint density at radius 2 is 1.95 bits per heavy atom. The van der Waals surface area contributed by atoms with E-state index in [1.807, 2.05) is 24.7 Å². The number of benzene rings is 1. The van der Waals surface area contributed by atoms with E-state index in [4.69, 9.17) is 11.6 Å². The van der Waals surface area contributed by atoms with Crippen molar-refractivity contribution in [2.45, 2.75) is 46.6 Å². The minimum atomic E-state index is 0.367. The van der Waals surface area contributed by atoms with Gasteiger partial charge in [-0.3, -0.25) is 4.68 Å². The summed E-state index contributed by atoms with van der Waals surface area (Å²) in [5.41, 5.74) is 4.84. The van der Waals surface area contributed by atoms with Crippen LogP contribution in [0.2, 0.25) is 5.02 Å². The molecule has 22 heavy (non-hydrogen) atoms. The zero-order valence-electron chi connectivity index (χ0n) is 14.2. The van der Waals surface area contributed by atoms with E-state index < -0.39 is 0 Å². The summed E-state index contributed by atoms with van der Waals surface area (Å²) in [6.07, 6.45) is 6.31. The zero-order valence-corrected chi connectivity index (χ0v) is 15.0. The van der Waals surface area contributed by atoms with Gasteiger partial charge in [-0.1, -0.05) is 25.4 Å². The number of aromatic nitrogens is 2. The van der Waals surface area contributed by atoms with E-state index in [0.717, 1.165) is 29.1 Å². The van der Waals surface area contributed by atoms with E-state index in [1.54, 1.807) is 0 Å². The molecule has 1 aromatic heterocycles. The number of hydrogen-bond acceptors (Lipinski definition) is 2. The Labute approximate surface area is 138 Å². The molecule has 3 nitrogen and oxygen atoms in total. The van der Waals surface area contributed by atoms with Crippen molar-refractivity contribution in [3.63, 3.8) is 0 Å². The van der Waals surface area contributed by atoms with Crippen molar-refractivity contribution in [3.8, 4) is 11.1 Å². The number of anilines is 1. The highest BCUT2D eigenvalue weighted by molar-refractivity contribution is 6.33. The van der Waals surface area contributed by atoms with Gasteiger partial charge >= 0.3 is 0 Å². The largest absolute Gasteiger partial charge is 0.374 e. The first-order valence-electron chi connectivity index (χ1n) is 8.14. The molecule has 0 atom stereocenters. The highest BCUT2D eigenvalue weighted by Gasteiger charge is 2.17. The van der Waals surface area contributed by atoms with Crippen LogP contribution in [0.25, 0.3) is 11.1 Å². The lowest BCUT2D eigenvalue weighted by atomic mass is 9.97. The first-order chi connectivity index (χ1) is 10.6. The molecule has 3 rings (SSSR count). The molecule has 0 bridgehead atoms. The highest BCUT2D eigenvalue weighted by atomic mass is 35.5. The Bertz CT molecular complexity index is 631. The fraction of sp³-hybridized carbons (Fsp3) is 0.500. The van der Waals surface area contributed by atoms with E-state index in [-0.39, 0.29) is 0 Å². The molecule has 0 saturated heterocycles. The summed E-state index contributed by atoms with van der Waals surface area (Å²) in [5.74, 6) is 0. The van der Waals surface area contributed by atoms with Crippen molar-refractivity contribution >= 4 is 17.3 Å². The lowest BCUT2D eigenvalue weighted by Crippen LogP contribution is -2.24. The SMILES string of the molecule is CC.CC(C)n1cc(-c2cc3c(cc2Cl)N(C)CCC3)cn1. The summed E-state index contributed by atoms with van der Waals surface area (Å²) in [4.78, 5) is 2.28. The lowest BCUT2D eigenvalue weighted by Gasteiger charge is -2.28. The van der Waals surface area contributed by atoms with Crippen molar-refractivity contribution in [3.05, 3.63) is 35.1 Å². The van der Waals surface area contributed by atoms with Gasteiger partial charge in [-0.05, 0) is 44.4 Å². The van der Waals surface area contributed by atoms with Gasteiger partial charge in [0, 0.05) is 42.6 Å². The monoisotopic (exact) mass is 319 g/mol. The smallest absolute Gasteiger partial charge is 0.0568 e. The van der Waals surface area contributed by atoms with Crippen LogP contribution in [0.4, 0.5) is 5.69 Å². The second-order valence-corrected chi connectivity index (χ2v) is 6.20. The molecule has 2 aromatic rings. The first kappa shape index (κ1) is 16.9. The summed E-state index contributed by atoms with van der Waals surface area (Å²) < 4.78 is 1.97. The van der Waals surface area contributed by atoms with Crippen LogP contribution in [-0.2, 0) is 6.42 Å². The van der Waals surface area contributed by atoms with Gasteiger partial charge in [-0.15, -0.1) is 0 Å². The summed E-state index contributed by atoms with van der Waals surface area (Å²) in [5, 5.41) is 5.21. The summed E-state index contributed by atoms with van der Waals surface area (Å²) in [7, 11) is 2.13. The number of aryl methyl sites for hydroxylation is 1. The molecule has 1 aromatic carbocycles. The minimum absolute atomic E-state index is 0.367. The third kappa shape index (κ3) is 3.30. The molecule has 0 N–H and O–H groups in total. The van der Waals surface area contributed by atoms with Crippen molar-refractivity contribution in [2.24, 2.45) is 0 Å². The van der Waals surface area contributed by atoms with Crippen LogP contribution in [0.3, 0.4) is 0 Å². The summed E-state index contributed by atoms with van der Waals surface area (Å²) >= 11 is 6.49. The van der Waals surface area contributed by atoms with Crippen LogP contribution < -0.4 is 4.90 Å². The van der Waals surface area contributed by atoms with Gasteiger partial charge in [-0.25, -0.2) is 0 Å². The molecule has 0 aliphatic carbocycles. The standard InChI is InChI=1S/C16H20ClN3.C2H6/c1-11(2)20-10-13(9-18-20)14-7-12-5-4-6-19(3)16(12)8-15(14)17;1-2/h7-11H,4-6H2,1-3H3;1-2H3. The molecule has 0 radical (unpaired) electrons. The van der Waals surface area contributed by atoms with Gasteiger partial charge in [0.2, 0.25) is 0 Å². The van der Waals surface area contributed by atoms with Gasteiger partial charge in [0.1, 0.15) is 0 Å². The van der Waals surface area contributed by atoms with Crippen LogP contribution in [0, 0.1) is 0 Å². The van der Waals surface area contributed by atoms with Crippen molar-refractivity contribution in [1.82, 2.24) is 9.78 Å². The predicted molar refractivity (Wildman–Crippen MR) is 96.0 cm³/mol. The van der Waals surface area contributed by atoms with Crippen LogP contribution >= 0.6 is 11.6 Å². The predicted octanol–water partition coefficient (Wildman–Crippen LogP) is 5.19. The van der Waals surface area contributed by atoms with Crippen LogP contribution in [-0.4, -0.2) is 23.4 Å². The molecule has 0 fully saturated rings. The molecule has 0 spiro atoms. The van der Waals surface area contributed by atoms with Gasteiger partial charge < -0.3 is 4.90 Å². The number of rotatable bonds is 2. The summed E-state index contributed by atoms with van der Waals surface area (Å²) in [6.45, 7) is 9.36. The molecule has 2 heterocycles. The molecule has 0 unspecified atom stereocenters. The van der Waals surface area contributed by atoms with E-state index in [0.29, 0.717) is 6.04 Å². The van der Waals surface area contributed by atoms with E-state index in [2.05, 4.69) is 49.2 Å². The van der Waals surface area contributed by atoms with E-state index >= 15 is 0 Å². The molecule has 4 heteroatoms. The molecular weight excluding hydrogens is 294 g/mol. The maximum absolute atomic E-state index is 6.49. The fourth-order valence-electron chi connectivity index (χ4n) is 2.77. The molecule has 1 aliphatic rings. The van der Waals surface area contributed by atoms with E-state index in [9.17, 15) is 0 Å². The number of fused-ring (bicyclic) bond motifs is 1. The van der Waals surface area contributed by atoms with Crippen LogP contribution in [0.5, 0.6) is 0 Å². The Balaban J connectivity index is 0.000000847. The maximum Gasteiger partial charge on any atom is 0.0568 e. The van der Waals surface area contributed by atoms with Crippen LogP contribution in [0.1, 0.15) is 45.7 Å². The van der Waals surface area contributed by atoms with Crippen molar-refractivity contribution < 1.29 is 0 Å². The van der Waals surface area contributed by atoms with Gasteiger partial charge in [-0.2, -0.15) is 5.10 Å². The molecule has 120 valence electrons. The quantitative estimate of drug-likeness (QED) is 0.759. The number of nitrogens with zero attached hydrogens (tertiary/aromatic N) is 3. The topological polar surface area (TPSA) is 21.1 Å². The maximum atomic E-state index is 6.49. The van der Waals surface area contributed by atoms with E-state index in [1.165, 1.54) is 17.7 Å². The van der Waals surface area contributed by atoms with Gasteiger partial charge in [0.05, 0.1) is 11.2 Å². The van der Waals surface area contributed by atoms with Gasteiger partial charge in [0.25, 0.3) is 0 Å². The molecule has 0 amide bonds. The van der Waals surface area contributed by atoms with Gasteiger partial charge in [0.15, 0.2) is 0 Å². The normalized spacial score (nSPS) is 13.7. The number of hydrogen-bond donors (Lipinski definition) is 0. The van der Waals surface area contributed by atoms with Crippen molar-refractivity contribution in [1.29, 1.82) is 0 Å². The minimum Gasteiger partial charge on any atom is -0.374 e. The highest BCUT2D eigenvalue weighted by Crippen LogP contribution is 2.36. The Morgan fingerprint density at radius 3 is 2.59 bits per heavy atom. The second-order valence-electron chi connectivity index (χ2n) is 5.79. The average Bonchev–Trinajstić information content (AvgIpc) is 3.00. The van der Waals surface area contributed by atoms with Crippen molar-refractivity contribution in [2.75, 3.05) is 18.5 Å². The fourth-order valence-corrected chi connectivity index (χ4v) is 3.04. The third-order valence-corrected chi connectivity index (χ3v) is 4.27. The average molecular weight is 320 g/mol.